The van der Waals surface area contributed by atoms with Crippen LogP contribution < -0.4 is 15.4 Å². The number of hydrogen-bond donors (Lipinski definition) is 2. The van der Waals surface area contributed by atoms with Crippen molar-refractivity contribution >= 4 is 29.0 Å². The van der Waals surface area contributed by atoms with Crippen molar-refractivity contribution in [2.75, 3.05) is 23.5 Å². The van der Waals surface area contributed by atoms with Crippen molar-refractivity contribution in [3.8, 4) is 5.75 Å². The molecule has 1 saturated carbocycles. The minimum atomic E-state index is -0.0276. The average molecular weight is 480 g/mol. The number of benzene rings is 2. The van der Waals surface area contributed by atoms with E-state index in [1.165, 1.54) is 31.0 Å². The van der Waals surface area contributed by atoms with Crippen LogP contribution in [0.15, 0.2) is 53.7 Å². The molecule has 2 aromatic carbocycles. The van der Waals surface area contributed by atoms with E-state index < -0.39 is 0 Å². The summed E-state index contributed by atoms with van der Waals surface area (Å²) in [5.74, 6) is 1.98. The van der Waals surface area contributed by atoms with Crippen LogP contribution in [0.2, 0.25) is 0 Å². The molecular formula is C26H33N5O2S. The van der Waals surface area contributed by atoms with E-state index in [-0.39, 0.29) is 5.91 Å². The lowest BCUT2D eigenvalue weighted by Crippen LogP contribution is -2.19. The number of carbonyl (C=O) groups is 1. The lowest BCUT2D eigenvalue weighted by atomic mass is 9.95. The zero-order chi connectivity index (χ0) is 23.8. The Morgan fingerprint density at radius 2 is 1.94 bits per heavy atom. The molecule has 0 saturated heterocycles. The molecule has 1 aromatic heterocycles. The predicted molar refractivity (Wildman–Crippen MR) is 138 cm³/mol. The highest BCUT2D eigenvalue weighted by atomic mass is 32.2. The molecule has 0 bridgehead atoms. The first-order chi connectivity index (χ1) is 16.7. The van der Waals surface area contributed by atoms with E-state index in [4.69, 9.17) is 4.74 Å². The number of anilines is 2. The summed E-state index contributed by atoms with van der Waals surface area (Å²) in [5.41, 5.74) is 2.99. The van der Waals surface area contributed by atoms with Crippen molar-refractivity contribution in [3.05, 3.63) is 59.9 Å². The Balaban J connectivity index is 1.45. The molecule has 0 unspecified atom stereocenters. The summed E-state index contributed by atoms with van der Waals surface area (Å²) in [4.78, 5) is 12.7. The van der Waals surface area contributed by atoms with E-state index >= 15 is 0 Å². The van der Waals surface area contributed by atoms with Gasteiger partial charge in [0.1, 0.15) is 5.75 Å². The number of hydrogen-bond acceptors (Lipinski definition) is 6. The average Bonchev–Trinajstić information content (AvgIpc) is 3.30. The summed E-state index contributed by atoms with van der Waals surface area (Å²) >= 11 is 1.46. The SMILES string of the molecule is CCc1ccccc1NC(=O)CSc1nnc(CNc2cccc(OC)c2)n1C1CCCCC1. The van der Waals surface area contributed by atoms with Gasteiger partial charge >= 0.3 is 0 Å². The van der Waals surface area contributed by atoms with Crippen LogP contribution >= 0.6 is 11.8 Å². The molecule has 7 nitrogen and oxygen atoms in total. The zero-order valence-corrected chi connectivity index (χ0v) is 20.7. The molecule has 0 spiro atoms. The number of aromatic nitrogens is 3. The first-order valence-corrected chi connectivity index (χ1v) is 13.0. The Hall–Kier alpha value is -3.00. The van der Waals surface area contributed by atoms with Crippen molar-refractivity contribution in [1.82, 2.24) is 14.8 Å². The highest BCUT2D eigenvalue weighted by molar-refractivity contribution is 7.99. The van der Waals surface area contributed by atoms with Gasteiger partial charge in [-0.05, 0) is 43.0 Å². The van der Waals surface area contributed by atoms with Gasteiger partial charge in [-0.15, -0.1) is 10.2 Å². The summed E-state index contributed by atoms with van der Waals surface area (Å²) in [7, 11) is 1.67. The van der Waals surface area contributed by atoms with Crippen LogP contribution in [0, 0.1) is 0 Å². The van der Waals surface area contributed by atoms with Gasteiger partial charge in [-0.25, -0.2) is 0 Å². The lowest BCUT2D eigenvalue weighted by Gasteiger charge is -2.25. The molecule has 4 rings (SSSR count). The fourth-order valence-corrected chi connectivity index (χ4v) is 5.24. The fourth-order valence-electron chi connectivity index (χ4n) is 4.41. The van der Waals surface area contributed by atoms with Gasteiger partial charge in [0.05, 0.1) is 19.4 Å². The first kappa shape index (κ1) is 24.1. The van der Waals surface area contributed by atoms with E-state index in [9.17, 15) is 4.79 Å². The summed E-state index contributed by atoms with van der Waals surface area (Å²) < 4.78 is 7.58. The maximum absolute atomic E-state index is 12.7. The molecule has 1 aliphatic carbocycles. The number of nitrogens with one attached hydrogen (secondary N) is 2. The Labute approximate surface area is 205 Å². The van der Waals surface area contributed by atoms with Crippen molar-refractivity contribution in [2.45, 2.75) is 63.2 Å². The first-order valence-electron chi connectivity index (χ1n) is 12.0. The number of rotatable bonds is 10. The van der Waals surface area contributed by atoms with Crippen LogP contribution in [0.25, 0.3) is 0 Å². The maximum Gasteiger partial charge on any atom is 0.234 e. The monoisotopic (exact) mass is 479 g/mol. The normalized spacial score (nSPS) is 14.1. The van der Waals surface area contributed by atoms with Gasteiger partial charge < -0.3 is 19.9 Å². The molecule has 1 fully saturated rings. The highest BCUT2D eigenvalue weighted by Crippen LogP contribution is 2.33. The molecule has 34 heavy (non-hydrogen) atoms. The third-order valence-corrected chi connectivity index (χ3v) is 7.14. The molecule has 2 N–H and O–H groups in total. The summed E-state index contributed by atoms with van der Waals surface area (Å²) in [5, 5.41) is 16.3. The van der Waals surface area contributed by atoms with Crippen LogP contribution in [-0.4, -0.2) is 33.5 Å². The van der Waals surface area contributed by atoms with E-state index in [2.05, 4.69) is 32.3 Å². The molecule has 0 atom stereocenters. The molecule has 3 aromatic rings. The molecule has 180 valence electrons. The molecule has 1 amide bonds. The van der Waals surface area contributed by atoms with E-state index in [1.807, 2.05) is 48.5 Å². The minimum absolute atomic E-state index is 0.0276. The number of methoxy groups -OCH3 is 1. The number of amides is 1. The molecule has 1 aliphatic rings. The Morgan fingerprint density at radius 1 is 1.12 bits per heavy atom. The van der Waals surface area contributed by atoms with Gasteiger partial charge in [0, 0.05) is 23.5 Å². The largest absolute Gasteiger partial charge is 0.497 e. The van der Waals surface area contributed by atoms with Gasteiger partial charge in [-0.3, -0.25) is 4.79 Å². The minimum Gasteiger partial charge on any atom is -0.497 e. The third-order valence-electron chi connectivity index (χ3n) is 6.20. The van der Waals surface area contributed by atoms with Crippen molar-refractivity contribution in [1.29, 1.82) is 0 Å². The highest BCUT2D eigenvalue weighted by Gasteiger charge is 2.23. The number of aryl methyl sites for hydroxylation is 1. The number of thioether (sulfide) groups is 1. The molecule has 0 radical (unpaired) electrons. The topological polar surface area (TPSA) is 81.1 Å². The quantitative estimate of drug-likeness (QED) is 0.363. The van der Waals surface area contributed by atoms with Gasteiger partial charge in [-0.2, -0.15) is 0 Å². The second-order valence-corrected chi connectivity index (χ2v) is 9.44. The van der Waals surface area contributed by atoms with Crippen LogP contribution in [0.4, 0.5) is 11.4 Å². The van der Waals surface area contributed by atoms with Gasteiger partial charge in [0.15, 0.2) is 11.0 Å². The Morgan fingerprint density at radius 3 is 2.74 bits per heavy atom. The summed E-state index contributed by atoms with van der Waals surface area (Å²) in [6, 6.07) is 16.2. The van der Waals surface area contributed by atoms with Crippen molar-refractivity contribution < 1.29 is 9.53 Å². The van der Waals surface area contributed by atoms with E-state index in [1.54, 1.807) is 7.11 Å². The fraction of sp³-hybridized carbons (Fsp3) is 0.423. The standard InChI is InChI=1S/C26H33N5O2S/c1-3-19-10-7-8-15-23(19)28-25(32)18-34-26-30-29-24(31(26)21-12-5-4-6-13-21)17-27-20-11-9-14-22(16-20)33-2/h7-11,14-16,21,27H,3-6,12-13,17-18H2,1-2H3,(H,28,32). The van der Waals surface area contributed by atoms with Gasteiger partial charge in [0.25, 0.3) is 0 Å². The number of carbonyl (C=O) groups excluding carboxylic acids is 1. The number of ether oxygens (including phenoxy) is 1. The van der Waals surface area contributed by atoms with Crippen LogP contribution in [0.3, 0.4) is 0 Å². The second-order valence-electron chi connectivity index (χ2n) is 8.49. The van der Waals surface area contributed by atoms with Gasteiger partial charge in [-0.1, -0.05) is 62.2 Å². The number of nitrogens with zero attached hydrogens (tertiary/aromatic N) is 3. The van der Waals surface area contributed by atoms with Crippen molar-refractivity contribution in [3.63, 3.8) is 0 Å². The summed E-state index contributed by atoms with van der Waals surface area (Å²) in [6.07, 6.45) is 6.82. The van der Waals surface area contributed by atoms with E-state index in [0.29, 0.717) is 18.3 Å². The summed E-state index contributed by atoms with van der Waals surface area (Å²) in [6.45, 7) is 2.65. The van der Waals surface area contributed by atoms with Crippen LogP contribution in [0.1, 0.15) is 56.5 Å². The third kappa shape index (κ3) is 6.11. The molecule has 0 aliphatic heterocycles. The zero-order valence-electron chi connectivity index (χ0n) is 19.9. The van der Waals surface area contributed by atoms with Crippen molar-refractivity contribution in [2.24, 2.45) is 0 Å². The second kappa shape index (κ2) is 11.9. The molecule has 1 heterocycles. The van der Waals surface area contributed by atoms with E-state index in [0.717, 1.165) is 52.9 Å². The van der Waals surface area contributed by atoms with Crippen LogP contribution in [0.5, 0.6) is 5.75 Å². The van der Waals surface area contributed by atoms with Gasteiger partial charge in [0.2, 0.25) is 5.91 Å². The Kier molecular flexibility index (Phi) is 8.46. The van der Waals surface area contributed by atoms with Crippen LogP contribution in [-0.2, 0) is 17.8 Å². The maximum atomic E-state index is 12.7. The number of para-hydroxylation sites is 1. The Bertz CT molecular complexity index is 1090. The predicted octanol–water partition coefficient (Wildman–Crippen LogP) is 5.70. The lowest BCUT2D eigenvalue weighted by molar-refractivity contribution is -0.113. The molecule has 8 heteroatoms. The molecular weight excluding hydrogens is 446 g/mol. The smallest absolute Gasteiger partial charge is 0.234 e.